The molecule has 0 aliphatic carbocycles. The van der Waals surface area contributed by atoms with Gasteiger partial charge in [-0.3, -0.25) is 4.79 Å². The molecular formula is C14H20INO2. The average molecular weight is 361 g/mol. The Morgan fingerprint density at radius 3 is 2.56 bits per heavy atom. The van der Waals surface area contributed by atoms with Gasteiger partial charge < -0.3 is 10.1 Å². The van der Waals surface area contributed by atoms with Crippen molar-refractivity contribution < 1.29 is 9.53 Å². The molecule has 4 heteroatoms. The molecule has 1 rings (SSSR count). The first-order valence-corrected chi connectivity index (χ1v) is 7.87. The van der Waals surface area contributed by atoms with Gasteiger partial charge in [0.15, 0.2) is 0 Å². The second kappa shape index (κ2) is 9.19. The highest BCUT2D eigenvalue weighted by Gasteiger charge is 2.04. The van der Waals surface area contributed by atoms with Crippen molar-refractivity contribution in [3.63, 3.8) is 0 Å². The topological polar surface area (TPSA) is 38.3 Å². The van der Waals surface area contributed by atoms with E-state index in [4.69, 9.17) is 4.74 Å². The van der Waals surface area contributed by atoms with Gasteiger partial charge in [-0.25, -0.2) is 0 Å². The van der Waals surface area contributed by atoms with Crippen molar-refractivity contribution in [2.75, 3.05) is 17.6 Å². The largest absolute Gasteiger partial charge is 0.494 e. The van der Waals surface area contributed by atoms with Crippen LogP contribution in [0.3, 0.4) is 0 Å². The minimum atomic E-state index is -0.00692. The fourth-order valence-corrected chi connectivity index (χ4v) is 2.11. The Balaban J connectivity index is 2.32. The number of carbonyl (C=O) groups excluding carboxylic acids is 1. The van der Waals surface area contributed by atoms with Gasteiger partial charge in [-0.2, -0.15) is 0 Å². The summed E-state index contributed by atoms with van der Waals surface area (Å²) < 4.78 is 6.52. The quantitative estimate of drug-likeness (QED) is 0.438. The van der Waals surface area contributed by atoms with Gasteiger partial charge in [0.1, 0.15) is 5.75 Å². The van der Waals surface area contributed by atoms with Crippen LogP contribution in [0, 0.1) is 0 Å². The van der Waals surface area contributed by atoms with Crippen molar-refractivity contribution in [3.05, 3.63) is 29.8 Å². The van der Waals surface area contributed by atoms with E-state index in [0.29, 0.717) is 12.2 Å². The smallest absolute Gasteiger partial charge is 0.251 e. The molecule has 0 atom stereocenters. The fourth-order valence-electron chi connectivity index (χ4n) is 1.57. The van der Waals surface area contributed by atoms with Gasteiger partial charge in [0.2, 0.25) is 0 Å². The molecule has 0 bridgehead atoms. The van der Waals surface area contributed by atoms with E-state index in [9.17, 15) is 4.79 Å². The van der Waals surface area contributed by atoms with Gasteiger partial charge in [-0.05, 0) is 48.5 Å². The van der Waals surface area contributed by atoms with Crippen molar-refractivity contribution in [2.45, 2.75) is 26.2 Å². The first-order chi connectivity index (χ1) is 8.77. The molecule has 0 unspecified atom stereocenters. The van der Waals surface area contributed by atoms with Crippen molar-refractivity contribution in [1.82, 2.24) is 5.32 Å². The maximum Gasteiger partial charge on any atom is 0.251 e. The van der Waals surface area contributed by atoms with Crippen LogP contribution in [0.1, 0.15) is 36.5 Å². The van der Waals surface area contributed by atoms with E-state index in [-0.39, 0.29) is 5.91 Å². The van der Waals surface area contributed by atoms with E-state index in [1.807, 2.05) is 19.1 Å². The molecule has 1 N–H and O–H groups in total. The number of unbranched alkanes of at least 4 members (excludes halogenated alkanes) is 2. The Bertz CT molecular complexity index is 351. The second-order valence-corrected chi connectivity index (χ2v) is 5.04. The summed E-state index contributed by atoms with van der Waals surface area (Å²) in [5.74, 6) is 0.795. The van der Waals surface area contributed by atoms with Crippen LogP contribution in [-0.2, 0) is 0 Å². The summed E-state index contributed by atoms with van der Waals surface area (Å²) in [7, 11) is 0. The maximum atomic E-state index is 11.8. The lowest BCUT2D eigenvalue weighted by Gasteiger charge is -2.06. The van der Waals surface area contributed by atoms with Crippen LogP contribution in [0.4, 0.5) is 0 Å². The van der Waals surface area contributed by atoms with E-state index in [2.05, 4.69) is 27.9 Å². The van der Waals surface area contributed by atoms with Gasteiger partial charge in [-0.1, -0.05) is 29.0 Å². The maximum absolute atomic E-state index is 11.8. The van der Waals surface area contributed by atoms with Crippen molar-refractivity contribution in [2.24, 2.45) is 0 Å². The number of benzene rings is 1. The van der Waals surface area contributed by atoms with E-state index in [1.165, 1.54) is 17.3 Å². The zero-order valence-electron chi connectivity index (χ0n) is 10.7. The Labute approximate surface area is 122 Å². The van der Waals surface area contributed by atoms with E-state index in [1.54, 1.807) is 12.1 Å². The molecule has 0 saturated carbocycles. The summed E-state index contributed by atoms with van der Waals surface area (Å²) in [6, 6.07) is 7.25. The lowest BCUT2D eigenvalue weighted by atomic mass is 10.2. The SMILES string of the molecule is CCOc1ccc(C(=O)NCCCCCI)cc1. The highest BCUT2D eigenvalue weighted by atomic mass is 127. The molecule has 1 aromatic carbocycles. The number of nitrogens with one attached hydrogen (secondary N) is 1. The molecule has 3 nitrogen and oxygen atoms in total. The van der Waals surface area contributed by atoms with Crippen LogP contribution in [0.25, 0.3) is 0 Å². The highest BCUT2D eigenvalue weighted by molar-refractivity contribution is 14.1. The molecule has 1 amide bonds. The second-order valence-electron chi connectivity index (χ2n) is 3.96. The van der Waals surface area contributed by atoms with Crippen LogP contribution in [0.5, 0.6) is 5.75 Å². The van der Waals surface area contributed by atoms with E-state index < -0.39 is 0 Å². The molecule has 0 spiro atoms. The molecule has 0 aliphatic rings. The van der Waals surface area contributed by atoms with Crippen molar-refractivity contribution >= 4 is 28.5 Å². The summed E-state index contributed by atoms with van der Waals surface area (Å²) in [4.78, 5) is 11.8. The molecule has 1 aromatic rings. The van der Waals surface area contributed by atoms with Crippen molar-refractivity contribution in [1.29, 1.82) is 0 Å². The Hall–Kier alpha value is -0.780. The number of amides is 1. The molecule has 0 aromatic heterocycles. The van der Waals surface area contributed by atoms with Gasteiger partial charge >= 0.3 is 0 Å². The van der Waals surface area contributed by atoms with Crippen LogP contribution < -0.4 is 10.1 Å². The van der Waals surface area contributed by atoms with Gasteiger partial charge in [0.25, 0.3) is 5.91 Å². The summed E-state index contributed by atoms with van der Waals surface area (Å²) in [5, 5.41) is 2.93. The van der Waals surface area contributed by atoms with E-state index in [0.717, 1.165) is 18.7 Å². The van der Waals surface area contributed by atoms with E-state index >= 15 is 0 Å². The summed E-state index contributed by atoms with van der Waals surface area (Å²) in [6.45, 7) is 3.33. The standard InChI is InChI=1S/C14H20INO2/c1-2-18-13-8-6-12(7-9-13)14(17)16-11-5-3-4-10-15/h6-9H,2-5,10-11H2,1H3,(H,16,17). The lowest BCUT2D eigenvalue weighted by Crippen LogP contribution is -2.24. The predicted octanol–water partition coefficient (Wildman–Crippen LogP) is 3.42. The zero-order valence-corrected chi connectivity index (χ0v) is 12.9. The third-order valence-corrected chi connectivity index (χ3v) is 3.29. The number of hydrogen-bond donors (Lipinski definition) is 1. The number of carbonyl (C=O) groups is 1. The Morgan fingerprint density at radius 1 is 1.22 bits per heavy atom. The number of rotatable bonds is 8. The average Bonchev–Trinajstić information content (AvgIpc) is 2.39. The molecule has 0 radical (unpaired) electrons. The Kier molecular flexibility index (Phi) is 7.80. The van der Waals surface area contributed by atoms with Crippen LogP contribution in [-0.4, -0.2) is 23.5 Å². The Morgan fingerprint density at radius 2 is 1.94 bits per heavy atom. The molecule has 100 valence electrons. The molecular weight excluding hydrogens is 341 g/mol. The van der Waals surface area contributed by atoms with Gasteiger partial charge in [0.05, 0.1) is 6.61 Å². The fraction of sp³-hybridized carbons (Fsp3) is 0.500. The number of hydrogen-bond acceptors (Lipinski definition) is 2. The summed E-state index contributed by atoms with van der Waals surface area (Å²) in [5.41, 5.74) is 0.687. The minimum absolute atomic E-state index is 0.00692. The predicted molar refractivity (Wildman–Crippen MR) is 82.7 cm³/mol. The summed E-state index contributed by atoms with van der Waals surface area (Å²) in [6.07, 6.45) is 3.44. The van der Waals surface area contributed by atoms with Gasteiger partial charge in [0, 0.05) is 12.1 Å². The van der Waals surface area contributed by atoms with Crippen LogP contribution >= 0.6 is 22.6 Å². The van der Waals surface area contributed by atoms with Gasteiger partial charge in [-0.15, -0.1) is 0 Å². The first kappa shape index (κ1) is 15.3. The number of alkyl halides is 1. The normalized spacial score (nSPS) is 10.1. The molecule has 0 fully saturated rings. The first-order valence-electron chi connectivity index (χ1n) is 6.35. The molecule has 0 aliphatic heterocycles. The van der Waals surface area contributed by atoms with Crippen LogP contribution in [0.2, 0.25) is 0 Å². The van der Waals surface area contributed by atoms with Crippen molar-refractivity contribution in [3.8, 4) is 5.75 Å². The third kappa shape index (κ3) is 5.71. The van der Waals surface area contributed by atoms with Crippen LogP contribution in [0.15, 0.2) is 24.3 Å². The molecule has 0 heterocycles. The monoisotopic (exact) mass is 361 g/mol. The highest BCUT2D eigenvalue weighted by Crippen LogP contribution is 2.11. The number of ether oxygens (including phenoxy) is 1. The lowest BCUT2D eigenvalue weighted by molar-refractivity contribution is 0.0953. The third-order valence-electron chi connectivity index (χ3n) is 2.52. The minimum Gasteiger partial charge on any atom is -0.494 e. The molecule has 18 heavy (non-hydrogen) atoms. The molecule has 0 saturated heterocycles. The zero-order chi connectivity index (χ0) is 13.2. The number of halogens is 1. The summed E-state index contributed by atoms with van der Waals surface area (Å²) >= 11 is 2.37.